The predicted molar refractivity (Wildman–Crippen MR) is 54.5 cm³/mol. The van der Waals surface area contributed by atoms with E-state index in [-0.39, 0.29) is 12.6 Å². The molecule has 0 amide bonds. The number of hydrogen-bond donors (Lipinski definition) is 2. The molecule has 0 spiro atoms. The Labute approximate surface area is 87.9 Å². The van der Waals surface area contributed by atoms with Gasteiger partial charge in [-0.3, -0.25) is 0 Å². The van der Waals surface area contributed by atoms with Crippen molar-refractivity contribution in [1.29, 1.82) is 0 Å². The highest BCUT2D eigenvalue weighted by Crippen LogP contribution is 2.17. The molecule has 1 aromatic carbocycles. The van der Waals surface area contributed by atoms with Crippen molar-refractivity contribution in [3.8, 4) is 0 Å². The molecule has 15 heavy (non-hydrogen) atoms. The maximum atomic E-state index is 13.3. The molecule has 0 heterocycles. The summed E-state index contributed by atoms with van der Waals surface area (Å²) in [6.07, 6.45) is 0.618. The minimum absolute atomic E-state index is 0.103. The van der Waals surface area contributed by atoms with E-state index in [9.17, 15) is 8.78 Å². The van der Waals surface area contributed by atoms with Crippen molar-refractivity contribution in [2.75, 3.05) is 13.2 Å². The number of aliphatic hydroxyl groups excluding tert-OH is 1. The number of hydrogen-bond acceptors (Lipinski definition) is 2. The molecule has 0 aliphatic rings. The summed E-state index contributed by atoms with van der Waals surface area (Å²) in [6.45, 7) is 2.51. The van der Waals surface area contributed by atoms with Crippen LogP contribution in [0.5, 0.6) is 0 Å². The maximum Gasteiger partial charge on any atom is 0.130 e. The van der Waals surface area contributed by atoms with Crippen LogP contribution in [0.4, 0.5) is 8.78 Å². The van der Waals surface area contributed by atoms with Crippen LogP contribution in [0.25, 0.3) is 0 Å². The van der Waals surface area contributed by atoms with Crippen LogP contribution < -0.4 is 5.32 Å². The molecule has 0 aromatic heterocycles. The highest BCUT2D eigenvalue weighted by atomic mass is 19.1. The largest absolute Gasteiger partial charge is 0.396 e. The van der Waals surface area contributed by atoms with E-state index in [4.69, 9.17) is 5.11 Å². The smallest absolute Gasteiger partial charge is 0.130 e. The van der Waals surface area contributed by atoms with Crippen molar-refractivity contribution in [2.24, 2.45) is 0 Å². The van der Waals surface area contributed by atoms with Gasteiger partial charge in [0, 0.05) is 24.3 Å². The summed E-state index contributed by atoms with van der Waals surface area (Å²) in [4.78, 5) is 0. The second kappa shape index (κ2) is 5.78. The van der Waals surface area contributed by atoms with Crippen LogP contribution in [0.15, 0.2) is 18.2 Å². The lowest BCUT2D eigenvalue weighted by atomic mass is 10.1. The van der Waals surface area contributed by atoms with Crippen LogP contribution in [-0.2, 0) is 0 Å². The van der Waals surface area contributed by atoms with Gasteiger partial charge in [-0.2, -0.15) is 0 Å². The third kappa shape index (κ3) is 3.57. The maximum absolute atomic E-state index is 13.3. The molecule has 2 nitrogen and oxygen atoms in total. The van der Waals surface area contributed by atoms with Crippen LogP contribution in [0.1, 0.15) is 24.9 Å². The monoisotopic (exact) mass is 215 g/mol. The summed E-state index contributed by atoms with van der Waals surface area (Å²) in [5.74, 6) is -1.11. The van der Waals surface area contributed by atoms with Crippen molar-refractivity contribution >= 4 is 0 Å². The highest BCUT2D eigenvalue weighted by molar-refractivity contribution is 5.21. The molecule has 4 heteroatoms. The molecule has 0 radical (unpaired) electrons. The van der Waals surface area contributed by atoms with Gasteiger partial charge in [0.25, 0.3) is 0 Å². The first-order chi connectivity index (χ1) is 7.15. The lowest BCUT2D eigenvalue weighted by molar-refractivity contribution is 0.283. The van der Waals surface area contributed by atoms with E-state index in [0.29, 0.717) is 18.5 Å². The zero-order valence-corrected chi connectivity index (χ0v) is 8.63. The third-order valence-corrected chi connectivity index (χ3v) is 2.21. The average molecular weight is 215 g/mol. The number of rotatable bonds is 5. The van der Waals surface area contributed by atoms with Crippen LogP contribution >= 0.6 is 0 Å². The quantitative estimate of drug-likeness (QED) is 0.736. The number of aliphatic hydroxyl groups is 1. The van der Waals surface area contributed by atoms with Crippen LogP contribution in [-0.4, -0.2) is 18.3 Å². The van der Waals surface area contributed by atoms with E-state index in [1.165, 1.54) is 12.1 Å². The van der Waals surface area contributed by atoms with Crippen molar-refractivity contribution < 1.29 is 13.9 Å². The van der Waals surface area contributed by atoms with E-state index >= 15 is 0 Å². The third-order valence-electron chi connectivity index (χ3n) is 2.21. The summed E-state index contributed by atoms with van der Waals surface area (Å²) in [5, 5.41) is 11.6. The Bertz CT molecular complexity index is 317. The Hall–Kier alpha value is -1.00. The Kier molecular flexibility index (Phi) is 4.65. The normalized spacial score (nSPS) is 12.8. The van der Waals surface area contributed by atoms with Crippen molar-refractivity contribution in [3.63, 3.8) is 0 Å². The molecule has 1 rings (SSSR count). The van der Waals surface area contributed by atoms with Gasteiger partial charge in [-0.1, -0.05) is 6.07 Å². The summed E-state index contributed by atoms with van der Waals surface area (Å²) in [6, 6.07) is 3.36. The molecule has 1 aromatic rings. The van der Waals surface area contributed by atoms with Crippen molar-refractivity contribution in [2.45, 2.75) is 19.4 Å². The molecule has 0 saturated heterocycles. The molecule has 0 fully saturated rings. The van der Waals surface area contributed by atoms with E-state index < -0.39 is 11.6 Å². The first-order valence-corrected chi connectivity index (χ1v) is 4.94. The van der Waals surface area contributed by atoms with Gasteiger partial charge < -0.3 is 10.4 Å². The van der Waals surface area contributed by atoms with E-state index in [1.54, 1.807) is 6.92 Å². The fourth-order valence-electron chi connectivity index (χ4n) is 1.36. The first-order valence-electron chi connectivity index (χ1n) is 4.94. The zero-order valence-electron chi connectivity index (χ0n) is 8.63. The molecular formula is C11H15F2NO. The van der Waals surface area contributed by atoms with E-state index in [1.807, 2.05) is 0 Å². The molecule has 0 bridgehead atoms. The lowest BCUT2D eigenvalue weighted by Crippen LogP contribution is -2.21. The van der Waals surface area contributed by atoms with Gasteiger partial charge in [0.15, 0.2) is 0 Å². The highest BCUT2D eigenvalue weighted by Gasteiger charge is 2.10. The second-order valence-electron chi connectivity index (χ2n) is 3.42. The number of benzene rings is 1. The summed E-state index contributed by atoms with van der Waals surface area (Å²) in [7, 11) is 0. The average Bonchev–Trinajstić information content (AvgIpc) is 2.17. The fourth-order valence-corrected chi connectivity index (χ4v) is 1.36. The molecule has 84 valence electrons. The number of nitrogens with one attached hydrogen (secondary N) is 1. The molecule has 0 aliphatic heterocycles. The first kappa shape index (κ1) is 12.1. The van der Waals surface area contributed by atoms with Crippen LogP contribution in [0.3, 0.4) is 0 Å². The molecular weight excluding hydrogens is 200 g/mol. The lowest BCUT2D eigenvalue weighted by Gasteiger charge is -2.14. The van der Waals surface area contributed by atoms with Gasteiger partial charge in [-0.25, -0.2) is 8.78 Å². The van der Waals surface area contributed by atoms with Gasteiger partial charge in [-0.15, -0.1) is 0 Å². The summed E-state index contributed by atoms with van der Waals surface area (Å²) < 4.78 is 25.9. The van der Waals surface area contributed by atoms with Gasteiger partial charge >= 0.3 is 0 Å². The van der Waals surface area contributed by atoms with E-state index in [0.717, 1.165) is 6.07 Å². The minimum atomic E-state index is -0.571. The molecule has 0 unspecified atom stereocenters. The molecule has 1 atom stereocenters. The van der Waals surface area contributed by atoms with Gasteiger partial charge in [0.2, 0.25) is 0 Å². The Morgan fingerprint density at radius 3 is 2.73 bits per heavy atom. The summed E-state index contributed by atoms with van der Waals surface area (Å²) in [5.41, 5.74) is 0.439. The fraction of sp³-hybridized carbons (Fsp3) is 0.455. The van der Waals surface area contributed by atoms with Gasteiger partial charge in [0.05, 0.1) is 0 Å². The Morgan fingerprint density at radius 2 is 2.13 bits per heavy atom. The predicted octanol–water partition coefficient (Wildman–Crippen LogP) is 2.00. The van der Waals surface area contributed by atoms with E-state index in [2.05, 4.69) is 5.32 Å². The van der Waals surface area contributed by atoms with Gasteiger partial charge in [0.1, 0.15) is 11.6 Å². The SMILES string of the molecule is C[C@@H](NCCCO)c1ccc(F)cc1F. The van der Waals surface area contributed by atoms with Crippen LogP contribution in [0, 0.1) is 11.6 Å². The topological polar surface area (TPSA) is 32.3 Å². The molecule has 0 saturated carbocycles. The van der Waals surface area contributed by atoms with Gasteiger partial charge in [-0.05, 0) is 26.0 Å². The second-order valence-corrected chi connectivity index (χ2v) is 3.42. The van der Waals surface area contributed by atoms with Crippen molar-refractivity contribution in [3.05, 3.63) is 35.4 Å². The zero-order chi connectivity index (χ0) is 11.3. The van der Waals surface area contributed by atoms with Crippen molar-refractivity contribution in [1.82, 2.24) is 5.32 Å². The van der Waals surface area contributed by atoms with Crippen LogP contribution in [0.2, 0.25) is 0 Å². The number of halogens is 2. The standard InChI is InChI=1S/C11H15F2NO/c1-8(14-5-2-6-15)10-4-3-9(12)7-11(10)13/h3-4,7-8,14-15H,2,5-6H2,1H3/t8-/m1/s1. The molecule has 2 N–H and O–H groups in total. The molecule has 0 aliphatic carbocycles. The summed E-state index contributed by atoms with van der Waals surface area (Å²) >= 11 is 0. The Balaban J connectivity index is 2.61. The Morgan fingerprint density at radius 1 is 1.40 bits per heavy atom. The minimum Gasteiger partial charge on any atom is -0.396 e.